The van der Waals surface area contributed by atoms with E-state index in [4.69, 9.17) is 9.73 Å². The highest BCUT2D eigenvalue weighted by Crippen LogP contribution is 2.39. The number of carbonyl (C=O) groups excluding carboxylic acids is 1. The summed E-state index contributed by atoms with van der Waals surface area (Å²) >= 11 is 5.02. The number of aliphatic imine (C=N–C) groups is 1. The third-order valence-corrected chi connectivity index (χ3v) is 6.97. The summed E-state index contributed by atoms with van der Waals surface area (Å²) in [5.41, 5.74) is 1.81. The fourth-order valence-electron chi connectivity index (χ4n) is 3.86. The van der Waals surface area contributed by atoms with Gasteiger partial charge in [-0.25, -0.2) is 4.99 Å². The molecule has 1 saturated heterocycles. The number of rotatable bonds is 6. The molecular formula is C25H25BrN2O2S. The highest BCUT2D eigenvalue weighted by molar-refractivity contribution is 9.10. The normalized spacial score (nSPS) is 19.9. The molecule has 1 saturated carbocycles. The summed E-state index contributed by atoms with van der Waals surface area (Å²) in [6.45, 7) is 4.12. The smallest absolute Gasteiger partial charge is 0.267 e. The molecule has 0 bridgehead atoms. The van der Waals surface area contributed by atoms with E-state index in [2.05, 4.69) is 22.5 Å². The number of hydrogen-bond donors (Lipinski definition) is 0. The van der Waals surface area contributed by atoms with Gasteiger partial charge in [0, 0.05) is 6.04 Å². The first-order valence-electron chi connectivity index (χ1n) is 10.6. The Morgan fingerprint density at radius 2 is 1.94 bits per heavy atom. The minimum atomic E-state index is 0.0506. The Balaban J connectivity index is 1.64. The monoisotopic (exact) mass is 496 g/mol. The Labute approximate surface area is 196 Å². The first-order chi connectivity index (χ1) is 15.2. The molecule has 0 radical (unpaired) electrons. The van der Waals surface area contributed by atoms with Gasteiger partial charge in [-0.15, -0.1) is 0 Å². The zero-order valence-corrected chi connectivity index (χ0v) is 19.7. The van der Waals surface area contributed by atoms with Crippen molar-refractivity contribution in [1.82, 2.24) is 4.90 Å². The molecule has 31 heavy (non-hydrogen) atoms. The lowest BCUT2D eigenvalue weighted by molar-refractivity contribution is -0.124. The highest BCUT2D eigenvalue weighted by atomic mass is 79.9. The van der Waals surface area contributed by atoms with Crippen molar-refractivity contribution in [3.8, 4) is 5.75 Å². The van der Waals surface area contributed by atoms with Gasteiger partial charge in [-0.05, 0) is 76.4 Å². The summed E-state index contributed by atoms with van der Waals surface area (Å²) in [5, 5.41) is 0.777. The van der Waals surface area contributed by atoms with Gasteiger partial charge in [0.15, 0.2) is 5.17 Å². The lowest BCUT2D eigenvalue weighted by Crippen LogP contribution is -2.40. The Kier molecular flexibility index (Phi) is 7.30. The summed E-state index contributed by atoms with van der Waals surface area (Å²) in [5.74, 6) is 0.803. The second-order valence-corrected chi connectivity index (χ2v) is 9.46. The first-order valence-corrected chi connectivity index (χ1v) is 12.2. The molecule has 2 aromatic rings. The molecule has 0 unspecified atom stereocenters. The number of ether oxygens (including phenoxy) is 1. The van der Waals surface area contributed by atoms with Crippen LogP contribution in [0.2, 0.25) is 0 Å². The first kappa shape index (κ1) is 21.9. The molecule has 1 heterocycles. The van der Waals surface area contributed by atoms with Gasteiger partial charge < -0.3 is 4.74 Å². The molecule has 1 amide bonds. The van der Waals surface area contributed by atoms with Gasteiger partial charge in [0.2, 0.25) is 0 Å². The molecule has 2 aromatic carbocycles. The van der Waals surface area contributed by atoms with Crippen LogP contribution in [0.15, 0.2) is 75.6 Å². The van der Waals surface area contributed by atoms with Crippen molar-refractivity contribution in [3.63, 3.8) is 0 Å². The maximum Gasteiger partial charge on any atom is 0.267 e. The van der Waals surface area contributed by atoms with E-state index >= 15 is 0 Å². The third-order valence-electron chi connectivity index (χ3n) is 5.37. The van der Waals surface area contributed by atoms with Gasteiger partial charge in [0.25, 0.3) is 5.91 Å². The van der Waals surface area contributed by atoms with E-state index in [1.165, 1.54) is 18.2 Å². The number of amidine groups is 1. The summed E-state index contributed by atoms with van der Waals surface area (Å²) in [4.78, 5) is 20.9. The quantitative estimate of drug-likeness (QED) is 0.320. The fraction of sp³-hybridized carbons (Fsp3) is 0.280. The molecule has 1 aliphatic carbocycles. The minimum Gasteiger partial charge on any atom is -0.488 e. The number of thioether (sulfide) groups is 1. The van der Waals surface area contributed by atoms with Gasteiger partial charge >= 0.3 is 0 Å². The molecule has 4 rings (SSSR count). The summed E-state index contributed by atoms with van der Waals surface area (Å²) in [7, 11) is 0. The Hall–Kier alpha value is -2.31. The fourth-order valence-corrected chi connectivity index (χ4v) is 5.43. The van der Waals surface area contributed by atoms with E-state index in [0.29, 0.717) is 11.5 Å². The summed E-state index contributed by atoms with van der Waals surface area (Å²) < 4.78 is 6.48. The molecule has 6 heteroatoms. The molecule has 0 N–H and O–H groups in total. The van der Waals surface area contributed by atoms with Crippen LogP contribution in [0, 0.1) is 0 Å². The maximum atomic E-state index is 13.4. The van der Waals surface area contributed by atoms with Gasteiger partial charge in [-0.3, -0.25) is 9.69 Å². The molecule has 1 aliphatic heterocycles. The summed E-state index contributed by atoms with van der Waals surface area (Å²) in [6.07, 6.45) is 9.30. The van der Waals surface area contributed by atoms with Gasteiger partial charge in [-0.2, -0.15) is 0 Å². The Bertz CT molecular complexity index is 1010. The number of para-hydroxylation sites is 1. The van der Waals surface area contributed by atoms with Crippen LogP contribution in [0.1, 0.15) is 37.7 Å². The van der Waals surface area contributed by atoms with E-state index in [9.17, 15) is 4.79 Å². The van der Waals surface area contributed by atoms with Gasteiger partial charge in [0.05, 0.1) is 15.1 Å². The average molecular weight is 497 g/mol. The van der Waals surface area contributed by atoms with Crippen molar-refractivity contribution >= 4 is 50.5 Å². The average Bonchev–Trinajstić information content (AvgIpc) is 3.09. The van der Waals surface area contributed by atoms with Crippen molar-refractivity contribution in [2.24, 2.45) is 4.99 Å². The highest BCUT2D eigenvalue weighted by Gasteiger charge is 2.38. The van der Waals surface area contributed by atoms with Gasteiger partial charge in [-0.1, -0.05) is 56.2 Å². The van der Waals surface area contributed by atoms with Crippen molar-refractivity contribution in [1.29, 1.82) is 0 Å². The standard InChI is InChI=1S/C25H25BrN2O2S/c1-2-15-30-22-14-13-18(16-21(22)26)17-23-24(29)28(20-11-7-4-8-12-20)25(31-23)27-19-9-5-3-6-10-19/h2-3,5-6,9-10,13-14,16-17,20H,1,4,7-8,11-12,15H2/b23-17-,27-25?. The van der Waals surface area contributed by atoms with Crippen LogP contribution in [0.3, 0.4) is 0 Å². The number of hydrogen-bond acceptors (Lipinski definition) is 4. The maximum absolute atomic E-state index is 13.4. The molecule has 2 fully saturated rings. The Morgan fingerprint density at radius 1 is 1.16 bits per heavy atom. The van der Waals surface area contributed by atoms with Gasteiger partial charge in [0.1, 0.15) is 12.4 Å². The SMILES string of the molecule is C=CCOc1ccc(/C=C2\SC(=Nc3ccccc3)N(C3CCCCC3)C2=O)cc1Br. The molecular weight excluding hydrogens is 472 g/mol. The van der Waals surface area contributed by atoms with E-state index in [0.717, 1.165) is 52.3 Å². The zero-order valence-electron chi connectivity index (χ0n) is 17.3. The number of halogens is 1. The zero-order chi connectivity index (χ0) is 21.6. The van der Waals surface area contributed by atoms with Crippen molar-refractivity contribution in [2.45, 2.75) is 38.1 Å². The van der Waals surface area contributed by atoms with E-state index in [1.807, 2.05) is 59.5 Å². The molecule has 0 atom stereocenters. The van der Waals surface area contributed by atoms with Crippen LogP contribution in [0.25, 0.3) is 6.08 Å². The van der Waals surface area contributed by atoms with Crippen LogP contribution in [0.4, 0.5) is 5.69 Å². The summed E-state index contributed by atoms with van der Waals surface area (Å²) in [6, 6.07) is 15.9. The molecule has 160 valence electrons. The lowest BCUT2D eigenvalue weighted by atomic mass is 9.94. The van der Waals surface area contributed by atoms with E-state index < -0.39 is 0 Å². The van der Waals surface area contributed by atoms with Crippen LogP contribution in [0.5, 0.6) is 5.75 Å². The second-order valence-electron chi connectivity index (χ2n) is 7.60. The van der Waals surface area contributed by atoms with E-state index in [-0.39, 0.29) is 11.9 Å². The van der Waals surface area contributed by atoms with Crippen LogP contribution in [-0.2, 0) is 4.79 Å². The predicted octanol–water partition coefficient (Wildman–Crippen LogP) is 6.95. The Morgan fingerprint density at radius 3 is 2.65 bits per heavy atom. The lowest BCUT2D eigenvalue weighted by Gasteiger charge is -2.30. The minimum absolute atomic E-state index is 0.0506. The predicted molar refractivity (Wildman–Crippen MR) is 133 cm³/mol. The van der Waals surface area contributed by atoms with Crippen LogP contribution >= 0.6 is 27.7 Å². The second kappa shape index (κ2) is 10.3. The molecule has 0 spiro atoms. The van der Waals surface area contributed by atoms with Crippen LogP contribution < -0.4 is 4.74 Å². The van der Waals surface area contributed by atoms with Crippen molar-refractivity contribution < 1.29 is 9.53 Å². The number of nitrogens with zero attached hydrogens (tertiary/aromatic N) is 2. The molecule has 4 nitrogen and oxygen atoms in total. The number of amides is 1. The van der Waals surface area contributed by atoms with Crippen molar-refractivity contribution in [3.05, 3.63) is 76.1 Å². The van der Waals surface area contributed by atoms with Crippen molar-refractivity contribution in [2.75, 3.05) is 6.61 Å². The van der Waals surface area contributed by atoms with E-state index in [1.54, 1.807) is 6.08 Å². The number of benzene rings is 2. The largest absolute Gasteiger partial charge is 0.488 e. The topological polar surface area (TPSA) is 41.9 Å². The molecule has 0 aromatic heterocycles. The van der Waals surface area contributed by atoms with Crippen LogP contribution in [-0.4, -0.2) is 28.6 Å². The number of carbonyl (C=O) groups is 1. The molecule has 2 aliphatic rings. The third kappa shape index (κ3) is 5.31.